The number of likely N-dealkylation sites (tertiary alicyclic amines) is 1. The maximum Gasteiger partial charge on any atom is 0.310 e. The molecule has 1 N–H and O–H groups in total. The van der Waals surface area contributed by atoms with Gasteiger partial charge in [-0.25, -0.2) is 12.7 Å². The van der Waals surface area contributed by atoms with E-state index in [1.807, 2.05) is 4.90 Å². The summed E-state index contributed by atoms with van der Waals surface area (Å²) in [5.41, 5.74) is 0. The molecule has 0 amide bonds. The van der Waals surface area contributed by atoms with E-state index in [0.717, 1.165) is 30.9 Å². The summed E-state index contributed by atoms with van der Waals surface area (Å²) in [6.45, 7) is 5.03. The Labute approximate surface area is 160 Å². The van der Waals surface area contributed by atoms with Gasteiger partial charge in [-0.1, -0.05) is 0 Å². The second-order valence-corrected chi connectivity index (χ2v) is 9.65. The molecule has 26 heavy (non-hydrogen) atoms. The summed E-state index contributed by atoms with van der Waals surface area (Å²) in [6.07, 6.45) is 1.70. The number of rotatable bonds is 6. The predicted molar refractivity (Wildman–Crippen MR) is 105 cm³/mol. The van der Waals surface area contributed by atoms with E-state index in [2.05, 4.69) is 10.3 Å². The number of ether oxygens (including phenoxy) is 1. The molecule has 150 valence electrons. The van der Waals surface area contributed by atoms with Gasteiger partial charge in [0.05, 0.1) is 18.3 Å². The van der Waals surface area contributed by atoms with E-state index in [4.69, 9.17) is 4.74 Å². The van der Waals surface area contributed by atoms with Crippen LogP contribution in [0, 0.1) is 5.92 Å². The van der Waals surface area contributed by atoms with Crippen LogP contribution >= 0.6 is 11.8 Å². The van der Waals surface area contributed by atoms with Crippen LogP contribution in [0.2, 0.25) is 0 Å². The molecule has 0 aromatic heterocycles. The van der Waals surface area contributed by atoms with Gasteiger partial charge in [0.1, 0.15) is 0 Å². The van der Waals surface area contributed by atoms with Crippen LogP contribution in [0.1, 0.15) is 19.8 Å². The van der Waals surface area contributed by atoms with Crippen molar-refractivity contribution in [1.82, 2.24) is 14.5 Å². The van der Waals surface area contributed by atoms with E-state index in [1.54, 1.807) is 30.0 Å². The molecule has 2 heterocycles. The first-order chi connectivity index (χ1) is 12.5. The molecular weight excluding hydrogens is 376 g/mol. The van der Waals surface area contributed by atoms with Crippen LogP contribution < -0.4 is 5.32 Å². The van der Waals surface area contributed by atoms with Gasteiger partial charge in [-0.2, -0.15) is 11.8 Å². The number of nitrogens with one attached hydrogen (secondary N) is 1. The van der Waals surface area contributed by atoms with Crippen LogP contribution in [-0.4, -0.2) is 93.2 Å². The number of thioether (sulfide) groups is 1. The van der Waals surface area contributed by atoms with Crippen molar-refractivity contribution in [2.45, 2.75) is 19.8 Å². The Hall–Kier alpha value is -1.00. The summed E-state index contributed by atoms with van der Waals surface area (Å²) in [5.74, 6) is 2.08. The number of nitrogens with zero attached hydrogens (tertiary/aromatic N) is 3. The lowest BCUT2D eigenvalue weighted by Gasteiger charge is -2.34. The fourth-order valence-electron chi connectivity index (χ4n) is 3.20. The van der Waals surface area contributed by atoms with Crippen molar-refractivity contribution in [1.29, 1.82) is 0 Å². The average molecular weight is 407 g/mol. The lowest BCUT2D eigenvalue weighted by molar-refractivity contribution is -0.149. The van der Waals surface area contributed by atoms with Gasteiger partial charge in [0.25, 0.3) is 0 Å². The second-order valence-electron chi connectivity index (χ2n) is 6.34. The lowest BCUT2D eigenvalue weighted by atomic mass is 9.98. The SMILES string of the molecule is CCOC(=O)C1CCCN(C(=NC)NCCS(=O)(=O)N2CCSCC2)C1. The van der Waals surface area contributed by atoms with Crippen molar-refractivity contribution < 1.29 is 17.9 Å². The van der Waals surface area contributed by atoms with E-state index < -0.39 is 10.0 Å². The number of hydrogen-bond donors (Lipinski definition) is 1. The number of guanidine groups is 1. The summed E-state index contributed by atoms with van der Waals surface area (Å²) in [4.78, 5) is 18.2. The Morgan fingerprint density at radius 3 is 2.69 bits per heavy atom. The van der Waals surface area contributed by atoms with E-state index in [1.165, 1.54) is 0 Å². The Balaban J connectivity index is 1.84. The molecule has 2 aliphatic rings. The van der Waals surface area contributed by atoms with Crippen molar-refractivity contribution in [3.05, 3.63) is 0 Å². The highest BCUT2D eigenvalue weighted by Crippen LogP contribution is 2.18. The molecular formula is C16H30N4O4S2. The first-order valence-electron chi connectivity index (χ1n) is 9.15. The summed E-state index contributed by atoms with van der Waals surface area (Å²) in [6, 6.07) is 0. The molecule has 0 radical (unpaired) electrons. The van der Waals surface area contributed by atoms with Gasteiger partial charge in [-0.3, -0.25) is 9.79 Å². The maximum absolute atomic E-state index is 12.4. The normalized spacial score (nSPS) is 22.9. The number of aliphatic imine (C=N–C) groups is 1. The molecule has 10 heteroatoms. The molecule has 0 saturated carbocycles. The van der Waals surface area contributed by atoms with Gasteiger partial charge < -0.3 is 15.0 Å². The van der Waals surface area contributed by atoms with Gasteiger partial charge in [-0.15, -0.1) is 0 Å². The van der Waals surface area contributed by atoms with Gasteiger partial charge >= 0.3 is 5.97 Å². The summed E-state index contributed by atoms with van der Waals surface area (Å²) >= 11 is 1.79. The third-order valence-corrected chi connectivity index (χ3v) is 7.37. The highest BCUT2D eigenvalue weighted by atomic mass is 32.2. The number of esters is 1. The smallest absolute Gasteiger partial charge is 0.310 e. The fraction of sp³-hybridized carbons (Fsp3) is 0.875. The lowest BCUT2D eigenvalue weighted by Crippen LogP contribution is -2.49. The van der Waals surface area contributed by atoms with Crippen LogP contribution in [-0.2, 0) is 19.6 Å². The minimum Gasteiger partial charge on any atom is -0.466 e. The van der Waals surface area contributed by atoms with E-state index in [-0.39, 0.29) is 17.6 Å². The largest absolute Gasteiger partial charge is 0.466 e. The Kier molecular flexibility index (Phi) is 8.49. The van der Waals surface area contributed by atoms with Crippen molar-refractivity contribution >= 4 is 33.7 Å². The highest BCUT2D eigenvalue weighted by Gasteiger charge is 2.29. The van der Waals surface area contributed by atoms with E-state index >= 15 is 0 Å². The molecule has 2 rings (SSSR count). The molecule has 0 spiro atoms. The molecule has 0 aromatic carbocycles. The van der Waals surface area contributed by atoms with E-state index in [0.29, 0.717) is 38.7 Å². The fourth-order valence-corrected chi connectivity index (χ4v) is 5.69. The summed E-state index contributed by atoms with van der Waals surface area (Å²) in [7, 11) is -1.57. The number of carbonyl (C=O) groups is 1. The minimum absolute atomic E-state index is 0.0475. The van der Waals surface area contributed by atoms with E-state index in [9.17, 15) is 13.2 Å². The topological polar surface area (TPSA) is 91.3 Å². The molecule has 0 bridgehead atoms. The zero-order valence-electron chi connectivity index (χ0n) is 15.6. The molecule has 1 unspecified atom stereocenters. The second kappa shape index (κ2) is 10.4. The summed E-state index contributed by atoms with van der Waals surface area (Å²) < 4.78 is 31.5. The number of carbonyl (C=O) groups excluding carboxylic acids is 1. The minimum atomic E-state index is -3.24. The Morgan fingerprint density at radius 1 is 1.31 bits per heavy atom. The van der Waals surface area contributed by atoms with Crippen LogP contribution in [0.3, 0.4) is 0 Å². The summed E-state index contributed by atoms with van der Waals surface area (Å²) in [5, 5.41) is 3.14. The Morgan fingerprint density at radius 2 is 2.04 bits per heavy atom. The third kappa shape index (κ3) is 6.02. The molecule has 1 atom stereocenters. The maximum atomic E-state index is 12.4. The molecule has 0 aliphatic carbocycles. The number of piperidine rings is 1. The average Bonchev–Trinajstić information content (AvgIpc) is 2.66. The van der Waals surface area contributed by atoms with Crippen LogP contribution in [0.25, 0.3) is 0 Å². The molecule has 2 aliphatic heterocycles. The molecule has 8 nitrogen and oxygen atoms in total. The predicted octanol–water partition coefficient (Wildman–Crippen LogP) is 0.216. The van der Waals surface area contributed by atoms with Gasteiger partial charge in [-0.05, 0) is 19.8 Å². The van der Waals surface area contributed by atoms with Gasteiger partial charge in [0.2, 0.25) is 10.0 Å². The van der Waals surface area contributed by atoms with Crippen molar-refractivity contribution in [2.75, 3.05) is 63.6 Å². The number of sulfonamides is 1. The first kappa shape index (κ1) is 21.3. The van der Waals surface area contributed by atoms with Crippen LogP contribution in [0.5, 0.6) is 0 Å². The third-order valence-electron chi connectivity index (χ3n) is 4.56. The first-order valence-corrected chi connectivity index (χ1v) is 11.9. The number of hydrogen-bond acceptors (Lipinski definition) is 6. The zero-order valence-corrected chi connectivity index (χ0v) is 17.3. The van der Waals surface area contributed by atoms with Crippen molar-refractivity contribution in [3.8, 4) is 0 Å². The van der Waals surface area contributed by atoms with Crippen LogP contribution in [0.15, 0.2) is 4.99 Å². The monoisotopic (exact) mass is 406 g/mol. The Bertz CT molecular complexity index is 591. The standard InChI is InChI=1S/C16H30N4O4S2/c1-3-24-15(21)14-5-4-7-19(13-14)16(17-2)18-6-12-26(22,23)20-8-10-25-11-9-20/h14H,3-13H2,1-2H3,(H,17,18). The van der Waals surface area contributed by atoms with Crippen molar-refractivity contribution in [2.24, 2.45) is 10.9 Å². The molecule has 2 saturated heterocycles. The van der Waals surface area contributed by atoms with Crippen molar-refractivity contribution in [3.63, 3.8) is 0 Å². The zero-order chi connectivity index (χ0) is 19.0. The molecule has 2 fully saturated rings. The quantitative estimate of drug-likeness (QED) is 0.383. The van der Waals surface area contributed by atoms with Gasteiger partial charge in [0, 0.05) is 51.3 Å². The highest BCUT2D eigenvalue weighted by molar-refractivity contribution is 7.99. The molecule has 0 aromatic rings. The van der Waals surface area contributed by atoms with Crippen LogP contribution in [0.4, 0.5) is 0 Å². The van der Waals surface area contributed by atoms with Gasteiger partial charge in [0.15, 0.2) is 5.96 Å².